The smallest absolute Gasteiger partial charge is 0.0700 e. The van der Waals surface area contributed by atoms with Crippen molar-refractivity contribution in [2.45, 2.75) is 45.9 Å². The Balaban J connectivity index is 3.26. The molecule has 0 fully saturated rings. The summed E-state index contributed by atoms with van der Waals surface area (Å²) in [6, 6.07) is 7.89. The predicted molar refractivity (Wildman–Crippen MR) is 63.9 cm³/mol. The fraction of sp³-hybridized carbons (Fsp3) is 0.500. The standard InChI is InChI=1S/C14H19N/c1-10-8-12(11(2)9-15)6-7-13(10)14(3,4)5/h6-8,11H,1-5H3/i11D. The van der Waals surface area contributed by atoms with E-state index in [1.54, 1.807) is 6.92 Å². The van der Waals surface area contributed by atoms with Gasteiger partial charge in [-0.3, -0.25) is 0 Å². The van der Waals surface area contributed by atoms with Crippen LogP contribution in [0.25, 0.3) is 0 Å². The molecule has 1 nitrogen and oxygen atoms in total. The quantitative estimate of drug-likeness (QED) is 0.677. The van der Waals surface area contributed by atoms with E-state index in [9.17, 15) is 0 Å². The van der Waals surface area contributed by atoms with Crippen LogP contribution in [0.4, 0.5) is 0 Å². The third-order valence-electron chi connectivity index (χ3n) is 2.64. The highest BCUT2D eigenvalue weighted by atomic mass is 14.3. The first-order valence-corrected chi connectivity index (χ1v) is 5.21. The van der Waals surface area contributed by atoms with Gasteiger partial charge in [0, 0.05) is 0 Å². The molecule has 1 aromatic carbocycles. The van der Waals surface area contributed by atoms with Gasteiger partial charge in [0.2, 0.25) is 0 Å². The molecule has 80 valence electrons. The van der Waals surface area contributed by atoms with Crippen LogP contribution in [-0.2, 0) is 5.41 Å². The molecule has 0 aliphatic rings. The van der Waals surface area contributed by atoms with Crippen LogP contribution in [0.5, 0.6) is 0 Å². The third kappa shape index (κ3) is 2.59. The van der Waals surface area contributed by atoms with E-state index in [1.807, 2.05) is 31.2 Å². The number of nitriles is 1. The van der Waals surface area contributed by atoms with Gasteiger partial charge in [-0.1, -0.05) is 39.0 Å². The summed E-state index contributed by atoms with van der Waals surface area (Å²) in [6.07, 6.45) is 0. The minimum atomic E-state index is -1.15. The molecular formula is C14H19N. The maximum absolute atomic E-state index is 8.93. The number of hydrogen-bond donors (Lipinski definition) is 0. The SMILES string of the molecule is [2H]C(C)(C#N)c1ccc(C(C)(C)C)c(C)c1. The summed E-state index contributed by atoms with van der Waals surface area (Å²) in [4.78, 5) is 0. The molecule has 1 rings (SSSR count). The average Bonchev–Trinajstić information content (AvgIpc) is 2.15. The van der Waals surface area contributed by atoms with Crippen LogP contribution < -0.4 is 0 Å². The molecule has 0 heterocycles. The Morgan fingerprint density at radius 1 is 1.40 bits per heavy atom. The lowest BCUT2D eigenvalue weighted by Crippen LogP contribution is -2.13. The van der Waals surface area contributed by atoms with Crippen molar-refractivity contribution < 1.29 is 1.37 Å². The lowest BCUT2D eigenvalue weighted by Gasteiger charge is -2.22. The summed E-state index contributed by atoms with van der Waals surface area (Å²) in [6.45, 7) is 10.2. The summed E-state index contributed by atoms with van der Waals surface area (Å²) < 4.78 is 7.88. The van der Waals surface area contributed by atoms with E-state index in [0.717, 1.165) is 11.1 Å². The fourth-order valence-electron chi connectivity index (χ4n) is 1.80. The first-order valence-electron chi connectivity index (χ1n) is 5.71. The van der Waals surface area contributed by atoms with Crippen molar-refractivity contribution >= 4 is 0 Å². The molecule has 0 saturated heterocycles. The van der Waals surface area contributed by atoms with Crippen molar-refractivity contribution in [3.8, 4) is 6.07 Å². The van der Waals surface area contributed by atoms with Gasteiger partial charge in [0.1, 0.15) is 0 Å². The van der Waals surface area contributed by atoms with Gasteiger partial charge in [0.15, 0.2) is 0 Å². The van der Waals surface area contributed by atoms with Gasteiger partial charge >= 0.3 is 0 Å². The molecule has 1 aromatic rings. The maximum atomic E-state index is 8.93. The zero-order valence-corrected chi connectivity index (χ0v) is 10.2. The highest BCUT2D eigenvalue weighted by molar-refractivity contribution is 5.38. The number of rotatable bonds is 1. The first kappa shape index (κ1) is 10.2. The van der Waals surface area contributed by atoms with E-state index in [1.165, 1.54) is 5.56 Å². The molecule has 0 amide bonds. The van der Waals surface area contributed by atoms with Gasteiger partial charge in [-0.2, -0.15) is 5.26 Å². The maximum Gasteiger partial charge on any atom is 0.0700 e. The number of nitrogens with zero attached hydrogens (tertiary/aromatic N) is 1. The van der Waals surface area contributed by atoms with Crippen molar-refractivity contribution in [3.63, 3.8) is 0 Å². The van der Waals surface area contributed by atoms with E-state index in [4.69, 9.17) is 6.63 Å². The van der Waals surface area contributed by atoms with Crippen molar-refractivity contribution in [1.29, 1.82) is 5.26 Å². The van der Waals surface area contributed by atoms with Gasteiger partial charge in [-0.05, 0) is 36.0 Å². The molecule has 0 radical (unpaired) electrons. The average molecular weight is 202 g/mol. The van der Waals surface area contributed by atoms with Crippen LogP contribution >= 0.6 is 0 Å². The van der Waals surface area contributed by atoms with Crippen LogP contribution in [0.15, 0.2) is 18.2 Å². The summed E-state index contributed by atoms with van der Waals surface area (Å²) in [5, 5.41) is 8.93. The molecule has 0 aliphatic carbocycles. The summed E-state index contributed by atoms with van der Waals surface area (Å²) >= 11 is 0. The second kappa shape index (κ2) is 4.06. The van der Waals surface area contributed by atoms with Gasteiger partial charge in [-0.15, -0.1) is 0 Å². The highest BCUT2D eigenvalue weighted by Gasteiger charge is 2.16. The molecular weight excluding hydrogens is 182 g/mol. The second-order valence-electron chi connectivity index (χ2n) is 5.02. The fourth-order valence-corrected chi connectivity index (χ4v) is 1.80. The van der Waals surface area contributed by atoms with Crippen molar-refractivity contribution in [2.75, 3.05) is 0 Å². The largest absolute Gasteiger partial charge is 0.198 e. The predicted octanol–water partition coefficient (Wildman–Crippen LogP) is 3.92. The molecule has 0 bridgehead atoms. The minimum absolute atomic E-state index is 0.105. The van der Waals surface area contributed by atoms with Crippen molar-refractivity contribution in [2.24, 2.45) is 0 Å². The molecule has 15 heavy (non-hydrogen) atoms. The lowest BCUT2D eigenvalue weighted by atomic mass is 9.82. The van der Waals surface area contributed by atoms with E-state index in [2.05, 4.69) is 20.8 Å². The van der Waals surface area contributed by atoms with Gasteiger partial charge in [-0.25, -0.2) is 0 Å². The van der Waals surface area contributed by atoms with E-state index in [0.29, 0.717) is 0 Å². The molecule has 0 aromatic heterocycles. The Morgan fingerprint density at radius 2 is 2.00 bits per heavy atom. The van der Waals surface area contributed by atoms with Crippen LogP contribution in [0.2, 0.25) is 0 Å². The molecule has 1 heteroatoms. The van der Waals surface area contributed by atoms with Crippen LogP contribution in [0.3, 0.4) is 0 Å². The van der Waals surface area contributed by atoms with Crippen molar-refractivity contribution in [1.82, 2.24) is 0 Å². The lowest BCUT2D eigenvalue weighted by molar-refractivity contribution is 0.585. The monoisotopic (exact) mass is 202 g/mol. The van der Waals surface area contributed by atoms with E-state index < -0.39 is 5.89 Å². The zero-order chi connectivity index (χ0) is 12.6. The molecule has 0 aliphatic heterocycles. The molecule has 0 spiro atoms. The number of aryl methyl sites for hydroxylation is 1. The second-order valence-corrected chi connectivity index (χ2v) is 5.02. The van der Waals surface area contributed by atoms with Crippen LogP contribution in [0, 0.1) is 18.3 Å². The van der Waals surface area contributed by atoms with Crippen molar-refractivity contribution in [3.05, 3.63) is 34.9 Å². The Kier molecular flexibility index (Phi) is 2.77. The van der Waals surface area contributed by atoms with E-state index in [-0.39, 0.29) is 5.41 Å². The van der Waals surface area contributed by atoms with Crippen LogP contribution in [0.1, 0.15) is 51.7 Å². The minimum Gasteiger partial charge on any atom is -0.198 e. The molecule has 0 saturated carbocycles. The number of benzene rings is 1. The number of hydrogen-bond acceptors (Lipinski definition) is 1. The van der Waals surface area contributed by atoms with E-state index >= 15 is 0 Å². The Labute approximate surface area is 94.1 Å². The first-order chi connectivity index (χ1) is 7.18. The third-order valence-corrected chi connectivity index (χ3v) is 2.64. The molecule has 1 atom stereocenters. The Morgan fingerprint density at radius 3 is 2.40 bits per heavy atom. The highest BCUT2D eigenvalue weighted by Crippen LogP contribution is 2.27. The summed E-state index contributed by atoms with van der Waals surface area (Å²) in [5.74, 6) is -1.15. The summed E-state index contributed by atoms with van der Waals surface area (Å²) in [7, 11) is 0. The van der Waals surface area contributed by atoms with Gasteiger partial charge < -0.3 is 0 Å². The Hall–Kier alpha value is -1.29. The molecule has 1 unspecified atom stereocenters. The Bertz CT molecular complexity index is 433. The van der Waals surface area contributed by atoms with Crippen LogP contribution in [-0.4, -0.2) is 0 Å². The zero-order valence-electron chi connectivity index (χ0n) is 11.2. The normalized spacial score (nSPS) is 16.4. The van der Waals surface area contributed by atoms with Gasteiger partial charge in [0.05, 0.1) is 13.3 Å². The van der Waals surface area contributed by atoms with Gasteiger partial charge in [0.25, 0.3) is 0 Å². The molecule has 0 N–H and O–H groups in total. The summed E-state index contributed by atoms with van der Waals surface area (Å²) in [5.41, 5.74) is 3.29. The topological polar surface area (TPSA) is 23.8 Å².